The van der Waals surface area contributed by atoms with Gasteiger partial charge >= 0.3 is 0 Å². The lowest BCUT2D eigenvalue weighted by Gasteiger charge is -2.02. The molecule has 0 atom stereocenters. The normalized spacial score (nSPS) is 10.7. The third-order valence-corrected chi connectivity index (χ3v) is 4.10. The second-order valence-corrected chi connectivity index (χ2v) is 6.04. The molecule has 0 aliphatic carbocycles. The van der Waals surface area contributed by atoms with Gasteiger partial charge in [0.1, 0.15) is 10.3 Å². The molecule has 3 aromatic rings. The summed E-state index contributed by atoms with van der Waals surface area (Å²) in [5, 5.41) is 3.21. The number of carbonyl (C=O) groups excluding carboxylic acids is 2. The SMILES string of the molecule is CC(=O)Nc1nc2ccc(Cc3ccc(C(N)=O)cc3)nc2s1. The monoisotopic (exact) mass is 326 g/mol. The molecule has 0 saturated heterocycles. The van der Waals surface area contributed by atoms with Crippen molar-refractivity contribution in [3.63, 3.8) is 0 Å². The van der Waals surface area contributed by atoms with E-state index in [4.69, 9.17) is 5.73 Å². The lowest BCUT2D eigenvalue weighted by atomic mass is 10.1. The topological polar surface area (TPSA) is 98.0 Å². The van der Waals surface area contributed by atoms with Crippen LogP contribution in [0.25, 0.3) is 10.3 Å². The van der Waals surface area contributed by atoms with E-state index in [1.165, 1.54) is 18.3 Å². The highest BCUT2D eigenvalue weighted by molar-refractivity contribution is 7.21. The molecular formula is C16H14N4O2S. The Morgan fingerprint density at radius 1 is 1.13 bits per heavy atom. The molecule has 0 saturated carbocycles. The number of hydrogen-bond donors (Lipinski definition) is 2. The second-order valence-electron chi connectivity index (χ2n) is 5.07. The Morgan fingerprint density at radius 3 is 2.52 bits per heavy atom. The van der Waals surface area contributed by atoms with E-state index in [0.717, 1.165) is 21.6 Å². The zero-order valence-corrected chi connectivity index (χ0v) is 13.2. The van der Waals surface area contributed by atoms with Crippen molar-refractivity contribution in [2.75, 3.05) is 5.32 Å². The minimum absolute atomic E-state index is 0.154. The third-order valence-electron chi connectivity index (χ3n) is 3.22. The van der Waals surface area contributed by atoms with Crippen molar-refractivity contribution in [1.82, 2.24) is 9.97 Å². The number of pyridine rings is 1. The number of anilines is 1. The number of benzene rings is 1. The van der Waals surface area contributed by atoms with Crippen LogP contribution in [-0.2, 0) is 11.2 Å². The van der Waals surface area contributed by atoms with Crippen molar-refractivity contribution in [3.05, 3.63) is 53.2 Å². The summed E-state index contributed by atoms with van der Waals surface area (Å²) < 4.78 is 0. The Hall–Kier alpha value is -2.80. The predicted molar refractivity (Wildman–Crippen MR) is 89.5 cm³/mol. The maximum atomic E-state index is 11.1. The molecule has 1 aromatic carbocycles. The molecule has 2 heterocycles. The van der Waals surface area contributed by atoms with Crippen LogP contribution in [0.2, 0.25) is 0 Å². The van der Waals surface area contributed by atoms with Gasteiger partial charge in [-0.15, -0.1) is 0 Å². The van der Waals surface area contributed by atoms with Gasteiger partial charge in [-0.05, 0) is 29.8 Å². The number of rotatable bonds is 4. The van der Waals surface area contributed by atoms with Crippen LogP contribution in [0.15, 0.2) is 36.4 Å². The summed E-state index contributed by atoms with van der Waals surface area (Å²) in [6.07, 6.45) is 0.641. The van der Waals surface area contributed by atoms with Crippen molar-refractivity contribution in [2.45, 2.75) is 13.3 Å². The summed E-state index contributed by atoms with van der Waals surface area (Å²) in [7, 11) is 0. The minimum atomic E-state index is -0.439. The van der Waals surface area contributed by atoms with Crippen LogP contribution < -0.4 is 11.1 Å². The number of aromatic nitrogens is 2. The average molecular weight is 326 g/mol. The maximum Gasteiger partial charge on any atom is 0.248 e. The van der Waals surface area contributed by atoms with E-state index in [2.05, 4.69) is 15.3 Å². The molecule has 2 aromatic heterocycles. The van der Waals surface area contributed by atoms with Gasteiger partial charge in [0, 0.05) is 24.6 Å². The van der Waals surface area contributed by atoms with Crippen molar-refractivity contribution in [3.8, 4) is 0 Å². The number of amides is 2. The summed E-state index contributed by atoms with van der Waals surface area (Å²) in [6, 6.07) is 10.9. The zero-order valence-electron chi connectivity index (χ0n) is 12.4. The van der Waals surface area contributed by atoms with Crippen LogP contribution in [0.1, 0.15) is 28.5 Å². The van der Waals surface area contributed by atoms with Crippen molar-refractivity contribution < 1.29 is 9.59 Å². The first-order chi connectivity index (χ1) is 11.0. The van der Waals surface area contributed by atoms with E-state index in [-0.39, 0.29) is 5.91 Å². The lowest BCUT2D eigenvalue weighted by molar-refractivity contribution is -0.114. The number of thiazole rings is 1. The van der Waals surface area contributed by atoms with Gasteiger partial charge in [-0.2, -0.15) is 0 Å². The first-order valence-electron chi connectivity index (χ1n) is 6.94. The second kappa shape index (κ2) is 6.13. The molecule has 7 heteroatoms. The van der Waals surface area contributed by atoms with Crippen LogP contribution in [0.5, 0.6) is 0 Å². The highest BCUT2D eigenvalue weighted by Crippen LogP contribution is 2.25. The van der Waals surface area contributed by atoms with E-state index < -0.39 is 5.91 Å². The molecule has 0 unspecified atom stereocenters. The molecule has 0 spiro atoms. The van der Waals surface area contributed by atoms with Gasteiger partial charge in [-0.25, -0.2) is 9.97 Å². The predicted octanol–water partition coefficient (Wildman–Crippen LogP) is 2.34. The van der Waals surface area contributed by atoms with E-state index in [0.29, 0.717) is 17.1 Å². The van der Waals surface area contributed by atoms with E-state index in [1.54, 1.807) is 12.1 Å². The van der Waals surface area contributed by atoms with E-state index in [1.807, 2.05) is 24.3 Å². The largest absolute Gasteiger partial charge is 0.366 e. The lowest BCUT2D eigenvalue weighted by Crippen LogP contribution is -2.10. The first kappa shape index (κ1) is 15.1. The molecule has 0 aliphatic heterocycles. The highest BCUT2D eigenvalue weighted by atomic mass is 32.1. The molecule has 0 aliphatic rings. The van der Waals surface area contributed by atoms with Crippen LogP contribution >= 0.6 is 11.3 Å². The van der Waals surface area contributed by atoms with Gasteiger partial charge < -0.3 is 11.1 Å². The molecule has 0 fully saturated rings. The van der Waals surface area contributed by atoms with Gasteiger partial charge in [0.25, 0.3) is 0 Å². The number of nitrogens with zero attached hydrogens (tertiary/aromatic N) is 2. The van der Waals surface area contributed by atoms with Crippen molar-refractivity contribution in [1.29, 1.82) is 0 Å². The Morgan fingerprint density at radius 2 is 1.87 bits per heavy atom. The molecule has 0 bridgehead atoms. The summed E-state index contributed by atoms with van der Waals surface area (Å²) in [5.74, 6) is -0.593. The van der Waals surface area contributed by atoms with Crippen LogP contribution in [0, 0.1) is 0 Å². The zero-order chi connectivity index (χ0) is 16.4. The van der Waals surface area contributed by atoms with Crippen molar-refractivity contribution in [2.24, 2.45) is 5.73 Å². The van der Waals surface area contributed by atoms with Crippen LogP contribution in [-0.4, -0.2) is 21.8 Å². The smallest absolute Gasteiger partial charge is 0.248 e. The fraction of sp³-hybridized carbons (Fsp3) is 0.125. The summed E-state index contributed by atoms with van der Waals surface area (Å²) in [5.41, 5.74) is 8.40. The van der Waals surface area contributed by atoms with Gasteiger partial charge in [-0.1, -0.05) is 23.5 Å². The summed E-state index contributed by atoms with van der Waals surface area (Å²) in [6.45, 7) is 1.45. The maximum absolute atomic E-state index is 11.1. The molecule has 116 valence electrons. The number of carbonyl (C=O) groups is 2. The quantitative estimate of drug-likeness (QED) is 0.769. The van der Waals surface area contributed by atoms with Gasteiger partial charge in [-0.3, -0.25) is 9.59 Å². The minimum Gasteiger partial charge on any atom is -0.366 e. The van der Waals surface area contributed by atoms with Gasteiger partial charge in [0.05, 0.1) is 0 Å². The number of hydrogen-bond acceptors (Lipinski definition) is 5. The molecule has 0 radical (unpaired) electrons. The Labute approximate surface area is 136 Å². The molecule has 2 amide bonds. The molecule has 23 heavy (non-hydrogen) atoms. The first-order valence-corrected chi connectivity index (χ1v) is 7.76. The molecule has 3 rings (SSSR count). The number of fused-ring (bicyclic) bond motifs is 1. The molecule has 3 N–H and O–H groups in total. The fourth-order valence-corrected chi connectivity index (χ4v) is 3.06. The average Bonchev–Trinajstić information content (AvgIpc) is 2.88. The number of primary amides is 1. The van der Waals surface area contributed by atoms with E-state index >= 15 is 0 Å². The van der Waals surface area contributed by atoms with Crippen LogP contribution in [0.4, 0.5) is 5.13 Å². The summed E-state index contributed by atoms with van der Waals surface area (Å²) in [4.78, 5) is 31.8. The van der Waals surface area contributed by atoms with Crippen molar-refractivity contribution >= 4 is 38.6 Å². The number of nitrogens with one attached hydrogen (secondary N) is 1. The third kappa shape index (κ3) is 3.51. The molecule has 6 nitrogen and oxygen atoms in total. The standard InChI is InChI=1S/C16H14N4O2S/c1-9(21)18-16-20-13-7-6-12(19-15(13)23-16)8-10-2-4-11(5-3-10)14(17)22/h2-7H,8H2,1H3,(H2,17,22)(H,18,20,21). The van der Waals surface area contributed by atoms with Gasteiger partial charge in [0.15, 0.2) is 5.13 Å². The highest BCUT2D eigenvalue weighted by Gasteiger charge is 2.08. The molecular weight excluding hydrogens is 312 g/mol. The Bertz CT molecular complexity index is 887. The Kier molecular flexibility index (Phi) is 4.03. The number of nitrogens with two attached hydrogens (primary N) is 1. The van der Waals surface area contributed by atoms with Crippen LogP contribution in [0.3, 0.4) is 0 Å². The van der Waals surface area contributed by atoms with E-state index in [9.17, 15) is 9.59 Å². The fourth-order valence-electron chi connectivity index (χ4n) is 2.15. The Balaban J connectivity index is 1.82. The van der Waals surface area contributed by atoms with Gasteiger partial charge in [0.2, 0.25) is 11.8 Å². The summed E-state index contributed by atoms with van der Waals surface area (Å²) >= 11 is 1.34.